The number of rotatable bonds is 4. The minimum Gasteiger partial charge on any atom is -0.458 e. The molecule has 12 aromatic rings. The maximum atomic E-state index is 7.73. The smallest absolute Gasteiger partial charge is 0.256 e. The van der Waals surface area contributed by atoms with Crippen molar-refractivity contribution in [3.63, 3.8) is 0 Å². The molecule has 0 atom stereocenters. The third kappa shape index (κ3) is 7.90. The van der Waals surface area contributed by atoms with Gasteiger partial charge in [0.15, 0.2) is 0 Å². The molecule has 0 spiro atoms. The lowest BCUT2D eigenvalue weighted by Gasteiger charge is -2.46. The molecule has 0 bridgehead atoms. The first-order valence-electron chi connectivity index (χ1n) is 31.9. The summed E-state index contributed by atoms with van der Waals surface area (Å²) in [6.45, 7) is 16.4. The maximum Gasteiger partial charge on any atom is 0.256 e. The molecule has 1 aliphatic carbocycles. The molecule has 0 N–H and O–H groups in total. The third-order valence-corrected chi connectivity index (χ3v) is 24.2. The molecule has 11 heteroatoms. The second-order valence-corrected chi connectivity index (χ2v) is 31.1. The van der Waals surface area contributed by atoms with Crippen molar-refractivity contribution in [2.45, 2.75) is 97.1 Å². The molecule has 1 aromatic heterocycles. The van der Waals surface area contributed by atoms with Gasteiger partial charge in [-0.25, -0.2) is 0 Å². The van der Waals surface area contributed by atoms with Gasteiger partial charge in [-0.3, -0.25) is 0 Å². The van der Waals surface area contributed by atoms with Crippen molar-refractivity contribution in [2.75, 3.05) is 19.6 Å². The number of hydrogen-bond acceptors (Lipinski definition) is 9. The predicted molar refractivity (Wildman–Crippen MR) is 385 cm³/mol. The summed E-state index contributed by atoms with van der Waals surface area (Å²) >= 11 is 5.56. The van der Waals surface area contributed by atoms with E-state index in [1.807, 2.05) is 34.9 Å². The Morgan fingerprint density at radius 1 is 0.374 bits per heavy atom. The van der Waals surface area contributed by atoms with Gasteiger partial charge in [-0.2, -0.15) is 0 Å². The first kappa shape index (κ1) is 53.8. The lowest BCUT2D eigenvalue weighted by Crippen LogP contribution is -2.64. The van der Waals surface area contributed by atoms with Crippen LogP contribution in [0.5, 0.6) is 23.0 Å². The number of hydrogen-bond donors (Lipinski definition) is 0. The topological polar surface area (TPSA) is 31.4 Å². The average molecular weight is 1230 g/mol. The zero-order valence-corrected chi connectivity index (χ0v) is 54.2. The Morgan fingerprint density at radius 2 is 0.813 bits per heavy atom. The van der Waals surface area contributed by atoms with Crippen LogP contribution >= 0.6 is 34.9 Å². The number of fused-ring (bicyclic) bond motifs is 15. The molecule has 438 valence electrons. The fourth-order valence-electron chi connectivity index (χ4n) is 15.9. The molecule has 19 rings (SSSR count). The lowest BCUT2D eigenvalue weighted by atomic mass is 9.30. The van der Waals surface area contributed by atoms with Gasteiger partial charge in [-0.05, 0) is 182 Å². The Hall–Kier alpha value is -8.99. The van der Waals surface area contributed by atoms with Crippen molar-refractivity contribution < 1.29 is 9.47 Å². The van der Waals surface area contributed by atoms with Crippen molar-refractivity contribution in [2.24, 2.45) is 0 Å². The van der Waals surface area contributed by atoms with E-state index >= 15 is 0 Å². The van der Waals surface area contributed by atoms with Gasteiger partial charge in [0, 0.05) is 80.8 Å². The number of nitrogens with zero attached hydrogens (tertiary/aromatic N) is 4. The molecule has 0 unspecified atom stereocenters. The van der Waals surface area contributed by atoms with Gasteiger partial charge in [-0.15, -0.1) is 11.3 Å². The molecule has 91 heavy (non-hydrogen) atoms. The molecular formula is C80H62B2N4O2S3. The summed E-state index contributed by atoms with van der Waals surface area (Å²) < 4.78 is 16.7. The number of ether oxygens (including phenoxy) is 2. The third-order valence-electron chi connectivity index (χ3n) is 20.4. The quantitative estimate of drug-likeness (QED) is 0.161. The van der Waals surface area contributed by atoms with Gasteiger partial charge in [0.2, 0.25) is 0 Å². The van der Waals surface area contributed by atoms with Crippen molar-refractivity contribution in [3.05, 3.63) is 240 Å². The molecule has 0 saturated carbocycles. The minimum absolute atomic E-state index is 0.0351. The first-order valence-corrected chi connectivity index (χ1v) is 34.4. The van der Waals surface area contributed by atoms with Gasteiger partial charge in [0.1, 0.15) is 23.0 Å². The van der Waals surface area contributed by atoms with E-state index in [-0.39, 0.29) is 29.7 Å². The summed E-state index contributed by atoms with van der Waals surface area (Å²) in [6.07, 6.45) is 2.22. The molecule has 6 aliphatic heterocycles. The normalized spacial score (nSPS) is 16.1. The Labute approximate surface area is 545 Å². The zero-order valence-electron chi connectivity index (χ0n) is 51.8. The Balaban J connectivity index is 0.929. The summed E-state index contributed by atoms with van der Waals surface area (Å²) in [5.74, 6) is 3.63. The SMILES string of the molecule is CC(C)(C)c1cc2c3c(ccc2s1)B1c2cc4c(cc2N(c2ccccc2)c2cc(N5c6ccccc6Sc6ccccc65)cc(c21)O3)N(c1ccccc1)c1cc(N2c3ccccc3Sc3ccccc32)cc2c1B4c1cc3c(cc1O2)C(C)(C)CCC3(C)C. The highest BCUT2D eigenvalue weighted by Crippen LogP contribution is 2.57. The van der Waals surface area contributed by atoms with Gasteiger partial charge < -0.3 is 29.1 Å². The summed E-state index contributed by atoms with van der Waals surface area (Å²) in [5, 5.41) is 1.16. The molecule has 0 fully saturated rings. The predicted octanol–water partition coefficient (Wildman–Crippen LogP) is 19.2. The van der Waals surface area contributed by atoms with Crippen LogP contribution in [0.25, 0.3) is 10.1 Å². The van der Waals surface area contributed by atoms with Crippen LogP contribution in [0.1, 0.15) is 77.3 Å². The van der Waals surface area contributed by atoms with E-state index < -0.39 is 0 Å². The van der Waals surface area contributed by atoms with Crippen LogP contribution in [-0.2, 0) is 16.2 Å². The second kappa shape index (κ2) is 19.3. The Bertz CT molecular complexity index is 5040. The van der Waals surface area contributed by atoms with E-state index in [0.29, 0.717) is 0 Å². The van der Waals surface area contributed by atoms with Gasteiger partial charge in [-0.1, -0.05) is 175 Å². The molecule has 0 radical (unpaired) electrons. The molecule has 11 aromatic carbocycles. The van der Waals surface area contributed by atoms with Crippen LogP contribution < -0.4 is 61.9 Å². The Kier molecular flexibility index (Phi) is 11.4. The van der Waals surface area contributed by atoms with Crippen molar-refractivity contribution >= 4 is 159 Å². The molecule has 7 aliphatic rings. The fourth-order valence-corrected chi connectivity index (χ4v) is 19.1. The van der Waals surface area contributed by atoms with Crippen LogP contribution in [0, 0.1) is 0 Å². The molecule has 0 amide bonds. The summed E-state index contributed by atoms with van der Waals surface area (Å²) in [5.41, 5.74) is 23.2. The van der Waals surface area contributed by atoms with Crippen LogP contribution in [0.2, 0.25) is 0 Å². The van der Waals surface area contributed by atoms with E-state index in [1.54, 1.807) is 0 Å². The lowest BCUT2D eigenvalue weighted by molar-refractivity contribution is 0.330. The highest BCUT2D eigenvalue weighted by Gasteiger charge is 2.50. The molecule has 0 saturated heterocycles. The standard InChI is InChI=1S/C80H62B2N4O2S3/c1-78(2,3)74-42-51-69(91-74)35-34-54-77(51)88-68-41-50(86-60-28-16-20-32-72(60)90-73-33-21-17-29-61(73)86)39-65-76(68)81(54)55-45-56-63(46-62(55)83(65)47-22-10-8-11-23-47)84(48-24-12-9-13-25-48)64-38-49(85-58-26-14-18-30-70(58)89-71-31-19-15-27-59(71)85)40-67-75(64)82(56)57-43-52-53(44-66(57)87-67)80(6,7)37-36-79(52,4)5/h8-35,38-46H,36-37H2,1-7H3. The van der Waals surface area contributed by atoms with E-state index in [2.05, 4.69) is 293 Å². The zero-order chi connectivity index (χ0) is 61.0. The van der Waals surface area contributed by atoms with Crippen LogP contribution in [0.15, 0.2) is 244 Å². The first-order chi connectivity index (χ1) is 44.2. The van der Waals surface area contributed by atoms with E-state index in [9.17, 15) is 0 Å². The largest absolute Gasteiger partial charge is 0.458 e. The highest BCUT2D eigenvalue weighted by molar-refractivity contribution is 8.00. The Morgan fingerprint density at radius 3 is 1.31 bits per heavy atom. The maximum absolute atomic E-state index is 7.73. The minimum atomic E-state index is -0.199. The van der Waals surface area contributed by atoms with E-state index in [1.165, 1.54) is 73.1 Å². The number of para-hydroxylation sites is 6. The van der Waals surface area contributed by atoms with Crippen molar-refractivity contribution in [1.82, 2.24) is 0 Å². The molecule has 6 nitrogen and oxygen atoms in total. The van der Waals surface area contributed by atoms with Crippen molar-refractivity contribution in [1.29, 1.82) is 0 Å². The summed E-state index contributed by atoms with van der Waals surface area (Å²) in [4.78, 5) is 16.2. The average Bonchev–Trinajstić information content (AvgIpc) is 0.943. The van der Waals surface area contributed by atoms with E-state index in [4.69, 9.17) is 9.47 Å². The summed E-state index contributed by atoms with van der Waals surface area (Å²) in [7, 11) is 0. The monoisotopic (exact) mass is 1230 g/mol. The fraction of sp³-hybridized carbons (Fsp3) is 0.150. The second-order valence-electron chi connectivity index (χ2n) is 27.8. The number of anilines is 12. The van der Waals surface area contributed by atoms with E-state index in [0.717, 1.165) is 109 Å². The van der Waals surface area contributed by atoms with Crippen LogP contribution in [0.3, 0.4) is 0 Å². The number of thiophene rings is 1. The number of benzene rings is 11. The molecule has 7 heterocycles. The summed E-state index contributed by atoms with van der Waals surface area (Å²) in [6, 6.07) is 84.5. The van der Waals surface area contributed by atoms with Crippen molar-refractivity contribution in [3.8, 4) is 23.0 Å². The van der Waals surface area contributed by atoms with Crippen LogP contribution in [-0.4, -0.2) is 13.4 Å². The van der Waals surface area contributed by atoms with Gasteiger partial charge >= 0.3 is 0 Å². The highest BCUT2D eigenvalue weighted by atomic mass is 32.2. The van der Waals surface area contributed by atoms with Gasteiger partial charge in [0.25, 0.3) is 13.4 Å². The van der Waals surface area contributed by atoms with Crippen LogP contribution in [0.4, 0.5) is 68.2 Å². The molecular weight excluding hydrogens is 1170 g/mol. The van der Waals surface area contributed by atoms with Gasteiger partial charge in [0.05, 0.1) is 34.1 Å².